The van der Waals surface area contributed by atoms with E-state index in [1.807, 2.05) is 0 Å². The van der Waals surface area contributed by atoms with Gasteiger partial charge in [-0.15, -0.1) is 0 Å². The van der Waals surface area contributed by atoms with Crippen LogP contribution in [0.2, 0.25) is 0 Å². The van der Waals surface area contributed by atoms with Gasteiger partial charge in [0.15, 0.2) is 0 Å². The maximum atomic E-state index is 6.10. The molecule has 88 valence electrons. The van der Waals surface area contributed by atoms with E-state index < -0.39 is 0 Å². The molecule has 2 N–H and O–H groups in total. The number of rotatable bonds is 4. The molecule has 0 radical (unpaired) electrons. The van der Waals surface area contributed by atoms with Gasteiger partial charge in [0.1, 0.15) is 0 Å². The summed E-state index contributed by atoms with van der Waals surface area (Å²) in [6, 6.07) is 1.38. The summed E-state index contributed by atoms with van der Waals surface area (Å²) in [6.45, 7) is 1.27. The maximum Gasteiger partial charge on any atom is 0.00922 e. The van der Waals surface area contributed by atoms with Crippen molar-refractivity contribution in [3.63, 3.8) is 0 Å². The predicted octanol–water partition coefficient (Wildman–Crippen LogP) is 2.38. The van der Waals surface area contributed by atoms with Gasteiger partial charge < -0.3 is 10.6 Å². The first-order valence-electron chi connectivity index (χ1n) is 6.73. The molecule has 0 heterocycles. The van der Waals surface area contributed by atoms with Crippen molar-refractivity contribution in [2.24, 2.45) is 11.7 Å². The lowest BCUT2D eigenvalue weighted by molar-refractivity contribution is 0.224. The number of hydrogen-bond acceptors (Lipinski definition) is 2. The molecule has 0 saturated heterocycles. The normalized spacial score (nSPS) is 33.0. The van der Waals surface area contributed by atoms with Gasteiger partial charge in [-0.2, -0.15) is 0 Å². The van der Waals surface area contributed by atoms with E-state index in [1.54, 1.807) is 0 Å². The molecule has 2 atom stereocenters. The lowest BCUT2D eigenvalue weighted by Crippen LogP contribution is -2.33. The molecular weight excluding hydrogens is 184 g/mol. The van der Waals surface area contributed by atoms with E-state index in [0.717, 1.165) is 12.0 Å². The lowest BCUT2D eigenvalue weighted by atomic mass is 10.00. The molecule has 2 fully saturated rings. The smallest absolute Gasteiger partial charge is 0.00922 e. The van der Waals surface area contributed by atoms with E-state index in [1.165, 1.54) is 57.9 Å². The van der Waals surface area contributed by atoms with E-state index in [-0.39, 0.29) is 0 Å². The monoisotopic (exact) mass is 210 g/mol. The largest absolute Gasteiger partial charge is 0.327 e. The van der Waals surface area contributed by atoms with Crippen LogP contribution >= 0.6 is 0 Å². The Kier molecular flexibility index (Phi) is 4.04. The highest BCUT2D eigenvalue weighted by atomic mass is 15.1. The Hall–Kier alpha value is -0.0800. The third-order valence-electron chi connectivity index (χ3n) is 4.52. The Morgan fingerprint density at radius 2 is 1.80 bits per heavy atom. The SMILES string of the molecule is CN(CCC1CCCC1N)C1CCCC1. The Balaban J connectivity index is 1.67. The van der Waals surface area contributed by atoms with E-state index in [0.29, 0.717) is 6.04 Å². The van der Waals surface area contributed by atoms with Crippen LogP contribution < -0.4 is 5.73 Å². The zero-order valence-electron chi connectivity index (χ0n) is 10.1. The van der Waals surface area contributed by atoms with Crippen molar-refractivity contribution in [1.82, 2.24) is 4.90 Å². The Morgan fingerprint density at radius 1 is 1.07 bits per heavy atom. The quantitative estimate of drug-likeness (QED) is 0.772. The molecule has 0 aromatic carbocycles. The molecule has 15 heavy (non-hydrogen) atoms. The van der Waals surface area contributed by atoms with Gasteiger partial charge in [-0.05, 0) is 51.6 Å². The van der Waals surface area contributed by atoms with Crippen molar-refractivity contribution >= 4 is 0 Å². The third-order valence-corrected chi connectivity index (χ3v) is 4.52. The van der Waals surface area contributed by atoms with Gasteiger partial charge in [-0.25, -0.2) is 0 Å². The molecule has 2 aliphatic rings. The highest BCUT2D eigenvalue weighted by Gasteiger charge is 2.25. The van der Waals surface area contributed by atoms with E-state index >= 15 is 0 Å². The van der Waals surface area contributed by atoms with Gasteiger partial charge in [0, 0.05) is 12.1 Å². The van der Waals surface area contributed by atoms with Crippen LogP contribution in [0.15, 0.2) is 0 Å². The summed E-state index contributed by atoms with van der Waals surface area (Å²) in [5, 5.41) is 0. The van der Waals surface area contributed by atoms with Crippen LogP contribution in [0, 0.1) is 5.92 Å². The number of nitrogens with two attached hydrogens (primary N) is 1. The molecule has 2 nitrogen and oxygen atoms in total. The third kappa shape index (κ3) is 2.94. The molecule has 0 aromatic rings. The zero-order valence-corrected chi connectivity index (χ0v) is 10.1. The first kappa shape index (κ1) is 11.4. The molecule has 0 bridgehead atoms. The van der Waals surface area contributed by atoms with Crippen molar-refractivity contribution in [1.29, 1.82) is 0 Å². The molecule has 0 amide bonds. The lowest BCUT2D eigenvalue weighted by Gasteiger charge is -2.26. The average molecular weight is 210 g/mol. The minimum absolute atomic E-state index is 0.502. The van der Waals surface area contributed by atoms with Crippen molar-refractivity contribution in [2.75, 3.05) is 13.6 Å². The first-order valence-corrected chi connectivity index (χ1v) is 6.73. The molecule has 0 aromatic heterocycles. The zero-order chi connectivity index (χ0) is 10.7. The van der Waals surface area contributed by atoms with Gasteiger partial charge in [-0.1, -0.05) is 19.3 Å². The van der Waals surface area contributed by atoms with Crippen LogP contribution in [0.1, 0.15) is 51.4 Å². The number of hydrogen-bond donors (Lipinski definition) is 1. The molecule has 0 aliphatic heterocycles. The van der Waals surface area contributed by atoms with E-state index in [9.17, 15) is 0 Å². The summed E-state index contributed by atoms with van der Waals surface area (Å²) in [6.07, 6.45) is 11.1. The van der Waals surface area contributed by atoms with Crippen molar-refractivity contribution in [3.8, 4) is 0 Å². The molecule has 0 spiro atoms. The summed E-state index contributed by atoms with van der Waals surface area (Å²) in [4.78, 5) is 2.58. The Bertz CT molecular complexity index is 187. The topological polar surface area (TPSA) is 29.3 Å². The highest BCUT2D eigenvalue weighted by Crippen LogP contribution is 2.28. The van der Waals surface area contributed by atoms with E-state index in [4.69, 9.17) is 5.73 Å². The van der Waals surface area contributed by atoms with Gasteiger partial charge in [-0.3, -0.25) is 0 Å². The fraction of sp³-hybridized carbons (Fsp3) is 1.00. The van der Waals surface area contributed by atoms with Crippen molar-refractivity contribution in [3.05, 3.63) is 0 Å². The van der Waals surface area contributed by atoms with Crippen LogP contribution in [-0.4, -0.2) is 30.6 Å². The van der Waals surface area contributed by atoms with Crippen molar-refractivity contribution in [2.45, 2.75) is 63.5 Å². The molecule has 2 saturated carbocycles. The fourth-order valence-electron chi connectivity index (χ4n) is 3.32. The second-order valence-electron chi connectivity index (χ2n) is 5.56. The van der Waals surface area contributed by atoms with Crippen LogP contribution in [0.5, 0.6) is 0 Å². The molecule has 2 heteroatoms. The van der Waals surface area contributed by atoms with Crippen LogP contribution in [0.3, 0.4) is 0 Å². The highest BCUT2D eigenvalue weighted by molar-refractivity contribution is 4.82. The second kappa shape index (κ2) is 5.31. The summed E-state index contributed by atoms with van der Waals surface area (Å²) in [5.74, 6) is 0.814. The van der Waals surface area contributed by atoms with Gasteiger partial charge in [0.05, 0.1) is 0 Å². The Labute approximate surface area is 94.2 Å². The van der Waals surface area contributed by atoms with Crippen LogP contribution in [-0.2, 0) is 0 Å². The minimum Gasteiger partial charge on any atom is -0.327 e. The predicted molar refractivity (Wildman–Crippen MR) is 64.8 cm³/mol. The van der Waals surface area contributed by atoms with E-state index in [2.05, 4.69) is 11.9 Å². The minimum atomic E-state index is 0.502. The van der Waals surface area contributed by atoms with Crippen molar-refractivity contribution < 1.29 is 0 Å². The average Bonchev–Trinajstić information content (AvgIpc) is 2.85. The number of nitrogens with zero attached hydrogens (tertiary/aromatic N) is 1. The standard InChI is InChI=1S/C13H26N2/c1-15(12-6-2-3-7-12)10-9-11-5-4-8-13(11)14/h11-13H,2-10,14H2,1H3. The fourth-order valence-corrected chi connectivity index (χ4v) is 3.32. The molecule has 2 rings (SSSR count). The van der Waals surface area contributed by atoms with Gasteiger partial charge >= 0.3 is 0 Å². The molecular formula is C13H26N2. The summed E-state index contributed by atoms with van der Waals surface area (Å²) in [7, 11) is 2.30. The van der Waals surface area contributed by atoms with Crippen LogP contribution in [0.4, 0.5) is 0 Å². The molecule has 2 aliphatic carbocycles. The summed E-state index contributed by atoms with van der Waals surface area (Å²) < 4.78 is 0. The summed E-state index contributed by atoms with van der Waals surface area (Å²) in [5.41, 5.74) is 6.10. The summed E-state index contributed by atoms with van der Waals surface area (Å²) >= 11 is 0. The van der Waals surface area contributed by atoms with Crippen LogP contribution in [0.25, 0.3) is 0 Å². The maximum absolute atomic E-state index is 6.10. The Morgan fingerprint density at radius 3 is 2.40 bits per heavy atom. The van der Waals surface area contributed by atoms with Gasteiger partial charge in [0.25, 0.3) is 0 Å². The van der Waals surface area contributed by atoms with Gasteiger partial charge in [0.2, 0.25) is 0 Å². The molecule has 2 unspecified atom stereocenters. The first-order chi connectivity index (χ1) is 7.27. The second-order valence-corrected chi connectivity index (χ2v) is 5.56.